The first-order valence-electron chi connectivity index (χ1n) is 8.67. The smallest absolute Gasteiger partial charge is 0.311 e. The topological polar surface area (TPSA) is 55.4 Å². The summed E-state index contributed by atoms with van der Waals surface area (Å²) in [5.41, 5.74) is 2.35. The van der Waals surface area contributed by atoms with Crippen molar-refractivity contribution in [1.82, 2.24) is 0 Å². The van der Waals surface area contributed by atoms with Gasteiger partial charge in [-0.1, -0.05) is 60.1 Å². The molecule has 3 aromatic rings. The van der Waals surface area contributed by atoms with Gasteiger partial charge in [-0.3, -0.25) is 9.59 Å². The van der Waals surface area contributed by atoms with E-state index in [2.05, 4.69) is 5.32 Å². The molecule has 0 aromatic heterocycles. The van der Waals surface area contributed by atoms with Gasteiger partial charge in [-0.2, -0.15) is 0 Å². The zero-order valence-electron chi connectivity index (χ0n) is 15.2. The van der Waals surface area contributed by atoms with Crippen molar-refractivity contribution in [3.63, 3.8) is 0 Å². The normalized spacial score (nSPS) is 11.8. The molecule has 0 fully saturated rings. The second-order valence-corrected chi connectivity index (χ2v) is 6.83. The van der Waals surface area contributed by atoms with Crippen LogP contribution in [-0.2, 0) is 20.7 Å². The van der Waals surface area contributed by atoms with E-state index in [0.29, 0.717) is 10.7 Å². The molecule has 1 N–H and O–H groups in total. The minimum absolute atomic E-state index is 0.106. The average molecular weight is 382 g/mol. The SMILES string of the molecule is Cc1ccc(Cl)cc1NC(=O)C(C)OC(=O)Cc1cccc2ccccc12. The van der Waals surface area contributed by atoms with Crippen LogP contribution in [-0.4, -0.2) is 18.0 Å². The molecule has 0 saturated heterocycles. The first-order chi connectivity index (χ1) is 12.9. The first kappa shape index (κ1) is 18.9. The highest BCUT2D eigenvalue weighted by Gasteiger charge is 2.19. The summed E-state index contributed by atoms with van der Waals surface area (Å²) in [6.07, 6.45) is -0.805. The number of nitrogens with one attached hydrogen (secondary N) is 1. The third-order valence-electron chi connectivity index (χ3n) is 4.35. The van der Waals surface area contributed by atoms with E-state index in [1.165, 1.54) is 0 Å². The summed E-state index contributed by atoms with van der Waals surface area (Å²) < 4.78 is 5.32. The van der Waals surface area contributed by atoms with Crippen LogP contribution in [0.1, 0.15) is 18.1 Å². The lowest BCUT2D eigenvalue weighted by Crippen LogP contribution is -2.30. The fraction of sp³-hybridized carbons (Fsp3) is 0.182. The Morgan fingerprint density at radius 2 is 1.81 bits per heavy atom. The molecule has 0 bridgehead atoms. The van der Waals surface area contributed by atoms with Crippen molar-refractivity contribution < 1.29 is 14.3 Å². The van der Waals surface area contributed by atoms with Crippen LogP contribution in [0.4, 0.5) is 5.69 Å². The summed E-state index contributed by atoms with van der Waals surface area (Å²) in [5, 5.41) is 5.34. The van der Waals surface area contributed by atoms with Crippen molar-refractivity contribution in [1.29, 1.82) is 0 Å². The predicted octanol–water partition coefficient (Wildman–Crippen LogP) is 4.91. The molecule has 0 heterocycles. The Hall–Kier alpha value is -2.85. The number of aryl methyl sites for hydroxylation is 1. The monoisotopic (exact) mass is 381 g/mol. The number of benzene rings is 3. The van der Waals surface area contributed by atoms with Gasteiger partial charge in [0.25, 0.3) is 5.91 Å². The minimum atomic E-state index is -0.911. The van der Waals surface area contributed by atoms with Crippen LogP contribution in [0, 0.1) is 6.92 Å². The molecule has 1 unspecified atom stereocenters. The lowest BCUT2D eigenvalue weighted by Gasteiger charge is -2.15. The van der Waals surface area contributed by atoms with E-state index in [1.807, 2.05) is 55.5 Å². The quantitative estimate of drug-likeness (QED) is 0.638. The number of esters is 1. The van der Waals surface area contributed by atoms with Gasteiger partial charge in [0.2, 0.25) is 0 Å². The third kappa shape index (κ3) is 4.66. The highest BCUT2D eigenvalue weighted by molar-refractivity contribution is 6.31. The van der Waals surface area contributed by atoms with Crippen molar-refractivity contribution in [2.24, 2.45) is 0 Å². The maximum absolute atomic E-state index is 12.3. The van der Waals surface area contributed by atoms with Crippen molar-refractivity contribution in [3.8, 4) is 0 Å². The second-order valence-electron chi connectivity index (χ2n) is 6.40. The van der Waals surface area contributed by atoms with Gasteiger partial charge >= 0.3 is 5.97 Å². The Morgan fingerprint density at radius 3 is 2.63 bits per heavy atom. The highest BCUT2D eigenvalue weighted by Crippen LogP contribution is 2.21. The largest absolute Gasteiger partial charge is 0.452 e. The Morgan fingerprint density at radius 1 is 1.07 bits per heavy atom. The fourth-order valence-electron chi connectivity index (χ4n) is 2.86. The van der Waals surface area contributed by atoms with E-state index in [0.717, 1.165) is 21.9 Å². The van der Waals surface area contributed by atoms with E-state index in [-0.39, 0.29) is 6.42 Å². The molecule has 3 aromatic carbocycles. The summed E-state index contributed by atoms with van der Waals surface area (Å²) in [6, 6.07) is 18.9. The van der Waals surface area contributed by atoms with Crippen molar-refractivity contribution in [2.45, 2.75) is 26.4 Å². The molecule has 5 heteroatoms. The number of hydrogen-bond acceptors (Lipinski definition) is 3. The molecule has 0 aliphatic carbocycles. The van der Waals surface area contributed by atoms with Crippen LogP contribution in [0.2, 0.25) is 5.02 Å². The van der Waals surface area contributed by atoms with Crippen LogP contribution >= 0.6 is 11.6 Å². The van der Waals surface area contributed by atoms with Crippen LogP contribution in [0.5, 0.6) is 0 Å². The van der Waals surface area contributed by atoms with E-state index >= 15 is 0 Å². The summed E-state index contributed by atoms with van der Waals surface area (Å²) >= 11 is 5.97. The van der Waals surface area contributed by atoms with Crippen molar-refractivity contribution >= 4 is 39.9 Å². The van der Waals surface area contributed by atoms with Gasteiger partial charge in [-0.15, -0.1) is 0 Å². The number of halogens is 1. The van der Waals surface area contributed by atoms with E-state index < -0.39 is 18.0 Å². The standard InChI is InChI=1S/C22H20ClNO3/c1-14-10-11-18(23)13-20(14)24-22(26)15(2)27-21(25)12-17-8-5-7-16-6-3-4-9-19(16)17/h3-11,13,15H,12H2,1-2H3,(H,24,26). The molecule has 1 atom stereocenters. The number of anilines is 1. The molecular weight excluding hydrogens is 362 g/mol. The Kier molecular flexibility index (Phi) is 5.77. The first-order valence-corrected chi connectivity index (χ1v) is 9.05. The Bertz CT molecular complexity index is 995. The second kappa shape index (κ2) is 8.23. The molecule has 3 rings (SSSR count). The minimum Gasteiger partial charge on any atom is -0.452 e. The van der Waals surface area contributed by atoms with Crippen LogP contribution in [0.3, 0.4) is 0 Å². The summed E-state index contributed by atoms with van der Waals surface area (Å²) in [4.78, 5) is 24.7. The molecule has 0 aliphatic rings. The molecule has 4 nitrogen and oxygen atoms in total. The number of amides is 1. The lowest BCUT2D eigenvalue weighted by atomic mass is 10.0. The fourth-order valence-corrected chi connectivity index (χ4v) is 3.03. The van der Waals surface area contributed by atoms with Crippen LogP contribution in [0.25, 0.3) is 10.8 Å². The van der Waals surface area contributed by atoms with Gasteiger partial charge in [0.15, 0.2) is 6.10 Å². The number of rotatable bonds is 5. The van der Waals surface area contributed by atoms with Gasteiger partial charge in [-0.25, -0.2) is 0 Å². The maximum atomic E-state index is 12.3. The molecule has 0 radical (unpaired) electrons. The molecule has 138 valence electrons. The average Bonchev–Trinajstić information content (AvgIpc) is 2.65. The Labute approximate surface area is 163 Å². The summed E-state index contributed by atoms with van der Waals surface area (Å²) in [6.45, 7) is 3.42. The van der Waals surface area contributed by atoms with E-state index in [1.54, 1.807) is 19.1 Å². The third-order valence-corrected chi connectivity index (χ3v) is 4.58. The Balaban J connectivity index is 1.64. The van der Waals surface area contributed by atoms with E-state index in [4.69, 9.17) is 16.3 Å². The number of ether oxygens (including phenoxy) is 1. The van der Waals surface area contributed by atoms with Crippen molar-refractivity contribution in [2.75, 3.05) is 5.32 Å². The maximum Gasteiger partial charge on any atom is 0.311 e. The van der Waals surface area contributed by atoms with Crippen LogP contribution in [0.15, 0.2) is 60.7 Å². The number of hydrogen-bond donors (Lipinski definition) is 1. The zero-order valence-corrected chi connectivity index (χ0v) is 15.9. The van der Waals surface area contributed by atoms with E-state index in [9.17, 15) is 9.59 Å². The lowest BCUT2D eigenvalue weighted by molar-refractivity contribution is -0.152. The number of carbonyl (C=O) groups is 2. The molecule has 27 heavy (non-hydrogen) atoms. The summed E-state index contributed by atoms with van der Waals surface area (Å²) in [5.74, 6) is -0.844. The predicted molar refractivity (Wildman–Crippen MR) is 108 cm³/mol. The zero-order chi connectivity index (χ0) is 19.4. The molecule has 0 saturated carbocycles. The molecule has 1 amide bonds. The summed E-state index contributed by atoms with van der Waals surface area (Å²) in [7, 11) is 0. The number of fused-ring (bicyclic) bond motifs is 1. The van der Waals surface area contributed by atoms with Gasteiger partial charge in [0.05, 0.1) is 6.42 Å². The molecule has 0 aliphatic heterocycles. The van der Waals surface area contributed by atoms with Gasteiger partial charge in [0.1, 0.15) is 0 Å². The van der Waals surface area contributed by atoms with Crippen LogP contribution < -0.4 is 5.32 Å². The number of carbonyl (C=O) groups excluding carboxylic acids is 2. The molecule has 0 spiro atoms. The highest BCUT2D eigenvalue weighted by atomic mass is 35.5. The van der Waals surface area contributed by atoms with Gasteiger partial charge < -0.3 is 10.1 Å². The molecular formula is C22H20ClNO3. The van der Waals surface area contributed by atoms with Crippen molar-refractivity contribution in [3.05, 3.63) is 76.8 Å². The van der Waals surface area contributed by atoms with Gasteiger partial charge in [0, 0.05) is 10.7 Å². The van der Waals surface area contributed by atoms with Gasteiger partial charge in [-0.05, 0) is 47.9 Å².